The lowest BCUT2D eigenvalue weighted by Gasteiger charge is -2.14. The number of nitrogens with two attached hydrogens (primary N) is 1. The molecule has 0 aliphatic heterocycles. The molecule has 0 saturated heterocycles. The predicted molar refractivity (Wildman–Crippen MR) is 71.5 cm³/mol. The highest BCUT2D eigenvalue weighted by Gasteiger charge is 2.21. The summed E-state index contributed by atoms with van der Waals surface area (Å²) in [6.07, 6.45) is 0. The Bertz CT molecular complexity index is 514. The van der Waals surface area contributed by atoms with Crippen molar-refractivity contribution in [1.82, 2.24) is 5.32 Å². The van der Waals surface area contributed by atoms with Crippen LogP contribution in [0.3, 0.4) is 0 Å². The van der Waals surface area contributed by atoms with E-state index in [4.69, 9.17) is 15.6 Å². The first kappa shape index (κ1) is 16.4. The number of methoxy groups -OCH3 is 1. The van der Waals surface area contributed by atoms with Crippen LogP contribution in [0.1, 0.15) is 10.4 Å². The first-order valence-corrected chi connectivity index (χ1v) is 5.98. The predicted octanol–water partition coefficient (Wildman–Crippen LogP) is -1.19. The first-order chi connectivity index (χ1) is 9.97. The Morgan fingerprint density at radius 2 is 1.90 bits per heavy atom. The molecule has 0 fully saturated rings. The van der Waals surface area contributed by atoms with Gasteiger partial charge >= 0.3 is 5.97 Å². The quantitative estimate of drug-likeness (QED) is 0.543. The standard InChI is InChI=1S/C13H16N2O6/c1-20-13(19)10(6-16)15-12(18)8-2-4-9(5-3-8)21-7-11(14)17/h2-5,10,16H,6-7H2,1H3,(H2,14,17)(H,15,18). The number of hydrogen-bond donors (Lipinski definition) is 3. The molecule has 0 spiro atoms. The summed E-state index contributed by atoms with van der Waals surface area (Å²) in [7, 11) is 1.15. The topological polar surface area (TPSA) is 128 Å². The van der Waals surface area contributed by atoms with Gasteiger partial charge in [0.15, 0.2) is 12.6 Å². The molecule has 1 rings (SSSR count). The Labute approximate surface area is 120 Å². The Hall–Kier alpha value is -2.61. The summed E-state index contributed by atoms with van der Waals surface area (Å²) < 4.78 is 9.48. The van der Waals surface area contributed by atoms with Gasteiger partial charge in [-0.15, -0.1) is 0 Å². The largest absolute Gasteiger partial charge is 0.484 e. The van der Waals surface area contributed by atoms with Gasteiger partial charge in [0.2, 0.25) is 0 Å². The smallest absolute Gasteiger partial charge is 0.330 e. The van der Waals surface area contributed by atoms with Crippen molar-refractivity contribution in [3.63, 3.8) is 0 Å². The minimum atomic E-state index is -1.13. The summed E-state index contributed by atoms with van der Waals surface area (Å²) in [4.78, 5) is 33.7. The van der Waals surface area contributed by atoms with Crippen molar-refractivity contribution in [2.75, 3.05) is 20.3 Å². The van der Waals surface area contributed by atoms with Crippen LogP contribution in [0, 0.1) is 0 Å². The molecule has 8 heteroatoms. The second-order valence-electron chi connectivity index (χ2n) is 4.01. The molecule has 0 bridgehead atoms. The summed E-state index contributed by atoms with van der Waals surface area (Å²) in [5, 5.41) is 11.3. The lowest BCUT2D eigenvalue weighted by atomic mass is 10.2. The number of carbonyl (C=O) groups is 3. The number of hydrogen-bond acceptors (Lipinski definition) is 6. The van der Waals surface area contributed by atoms with Crippen LogP contribution in [0.25, 0.3) is 0 Å². The number of amides is 2. The van der Waals surface area contributed by atoms with Gasteiger partial charge in [-0.1, -0.05) is 0 Å². The Kier molecular flexibility index (Phi) is 6.15. The van der Waals surface area contributed by atoms with Gasteiger partial charge in [0, 0.05) is 5.56 Å². The van der Waals surface area contributed by atoms with E-state index in [1.165, 1.54) is 24.3 Å². The van der Waals surface area contributed by atoms with Gasteiger partial charge in [-0.2, -0.15) is 0 Å². The SMILES string of the molecule is COC(=O)C(CO)NC(=O)c1ccc(OCC(N)=O)cc1. The summed E-state index contributed by atoms with van der Waals surface area (Å²) in [5.74, 6) is -1.54. The maximum atomic E-state index is 11.9. The zero-order valence-electron chi connectivity index (χ0n) is 11.4. The zero-order valence-corrected chi connectivity index (χ0v) is 11.4. The normalized spacial score (nSPS) is 11.3. The lowest BCUT2D eigenvalue weighted by molar-refractivity contribution is -0.143. The fourth-order valence-electron chi connectivity index (χ4n) is 1.42. The molecule has 21 heavy (non-hydrogen) atoms. The van der Waals surface area contributed by atoms with Crippen molar-refractivity contribution in [1.29, 1.82) is 0 Å². The Morgan fingerprint density at radius 1 is 1.29 bits per heavy atom. The number of esters is 1. The minimum absolute atomic E-state index is 0.253. The van der Waals surface area contributed by atoms with E-state index in [0.29, 0.717) is 5.75 Å². The summed E-state index contributed by atoms with van der Waals surface area (Å²) in [5.41, 5.74) is 5.19. The van der Waals surface area contributed by atoms with Crippen molar-refractivity contribution < 1.29 is 29.0 Å². The molecule has 8 nitrogen and oxygen atoms in total. The van der Waals surface area contributed by atoms with E-state index in [9.17, 15) is 14.4 Å². The molecule has 0 aliphatic carbocycles. The zero-order chi connectivity index (χ0) is 15.8. The van der Waals surface area contributed by atoms with Crippen LogP contribution in [0.5, 0.6) is 5.75 Å². The molecular formula is C13H16N2O6. The van der Waals surface area contributed by atoms with E-state index < -0.39 is 30.4 Å². The summed E-state index contributed by atoms with van der Waals surface area (Å²) in [6.45, 7) is -0.835. The molecule has 2 amide bonds. The third-order valence-electron chi connectivity index (χ3n) is 2.47. The number of ether oxygens (including phenoxy) is 2. The fourth-order valence-corrected chi connectivity index (χ4v) is 1.42. The average molecular weight is 296 g/mol. The second kappa shape index (κ2) is 7.85. The van der Waals surface area contributed by atoms with Crippen LogP contribution >= 0.6 is 0 Å². The molecule has 1 aromatic rings. The molecule has 0 aromatic heterocycles. The number of rotatable bonds is 7. The third kappa shape index (κ3) is 5.11. The molecule has 4 N–H and O–H groups in total. The van der Waals surface area contributed by atoms with Gasteiger partial charge in [0.05, 0.1) is 13.7 Å². The number of nitrogens with one attached hydrogen (secondary N) is 1. The second-order valence-corrected chi connectivity index (χ2v) is 4.01. The van der Waals surface area contributed by atoms with Gasteiger partial charge in [-0.3, -0.25) is 9.59 Å². The molecule has 0 aliphatic rings. The fraction of sp³-hybridized carbons (Fsp3) is 0.308. The van der Waals surface area contributed by atoms with Crippen molar-refractivity contribution in [2.24, 2.45) is 5.73 Å². The van der Waals surface area contributed by atoms with Crippen LogP contribution in [-0.4, -0.2) is 49.3 Å². The van der Waals surface area contributed by atoms with E-state index in [1.807, 2.05) is 0 Å². The highest BCUT2D eigenvalue weighted by Crippen LogP contribution is 2.12. The van der Waals surface area contributed by atoms with E-state index in [0.717, 1.165) is 7.11 Å². The Morgan fingerprint density at radius 3 is 2.38 bits per heavy atom. The Balaban J connectivity index is 2.66. The number of aliphatic hydroxyl groups is 1. The summed E-state index contributed by atoms with van der Waals surface area (Å²) >= 11 is 0. The van der Waals surface area contributed by atoms with Crippen molar-refractivity contribution in [2.45, 2.75) is 6.04 Å². The molecule has 1 aromatic carbocycles. The molecule has 1 unspecified atom stereocenters. The average Bonchev–Trinajstić information content (AvgIpc) is 2.50. The van der Waals surface area contributed by atoms with Gasteiger partial charge < -0.3 is 25.6 Å². The van der Waals surface area contributed by atoms with E-state index in [1.54, 1.807) is 0 Å². The van der Waals surface area contributed by atoms with Crippen molar-refractivity contribution >= 4 is 17.8 Å². The number of aliphatic hydroxyl groups excluding tert-OH is 1. The maximum Gasteiger partial charge on any atom is 0.330 e. The van der Waals surface area contributed by atoms with E-state index in [-0.39, 0.29) is 12.2 Å². The van der Waals surface area contributed by atoms with Crippen molar-refractivity contribution in [3.8, 4) is 5.75 Å². The highest BCUT2D eigenvalue weighted by atomic mass is 16.5. The van der Waals surface area contributed by atoms with E-state index >= 15 is 0 Å². The molecule has 0 radical (unpaired) electrons. The molecule has 0 heterocycles. The highest BCUT2D eigenvalue weighted by molar-refractivity contribution is 5.96. The molecule has 1 atom stereocenters. The van der Waals surface area contributed by atoms with E-state index in [2.05, 4.69) is 10.1 Å². The lowest BCUT2D eigenvalue weighted by Crippen LogP contribution is -2.44. The van der Waals surface area contributed by atoms with Gasteiger partial charge in [0.1, 0.15) is 5.75 Å². The van der Waals surface area contributed by atoms with Gasteiger partial charge in [0.25, 0.3) is 11.8 Å². The maximum absolute atomic E-state index is 11.9. The van der Waals surface area contributed by atoms with Gasteiger partial charge in [-0.05, 0) is 24.3 Å². The summed E-state index contributed by atoms with van der Waals surface area (Å²) in [6, 6.07) is 4.70. The van der Waals surface area contributed by atoms with Crippen LogP contribution in [0.4, 0.5) is 0 Å². The number of primary amides is 1. The van der Waals surface area contributed by atoms with Crippen molar-refractivity contribution in [3.05, 3.63) is 29.8 Å². The molecule has 114 valence electrons. The first-order valence-electron chi connectivity index (χ1n) is 5.98. The van der Waals surface area contributed by atoms with Crippen LogP contribution in [0.15, 0.2) is 24.3 Å². The molecule has 0 saturated carbocycles. The van der Waals surface area contributed by atoms with Crippen LogP contribution < -0.4 is 15.8 Å². The minimum Gasteiger partial charge on any atom is -0.484 e. The number of benzene rings is 1. The molecular weight excluding hydrogens is 280 g/mol. The third-order valence-corrected chi connectivity index (χ3v) is 2.47. The monoisotopic (exact) mass is 296 g/mol. The van der Waals surface area contributed by atoms with Gasteiger partial charge in [-0.25, -0.2) is 4.79 Å². The van der Waals surface area contributed by atoms with Crippen LogP contribution in [0.2, 0.25) is 0 Å². The number of carbonyl (C=O) groups excluding carboxylic acids is 3. The van der Waals surface area contributed by atoms with Crippen LogP contribution in [-0.2, 0) is 14.3 Å².